The standard InChI is InChI=1S/C13H17N3OS/c1-2-10(14)12(7-17)18-13-9-5-3-4-6-11(9)15-8-16-13/h3-6,8,10,12,17H,2,7,14H2,1H3. The van der Waals surface area contributed by atoms with E-state index in [9.17, 15) is 5.11 Å². The van der Waals surface area contributed by atoms with Crippen LogP contribution >= 0.6 is 11.8 Å². The number of nitrogens with two attached hydrogens (primary N) is 1. The lowest BCUT2D eigenvalue weighted by atomic mass is 10.2. The van der Waals surface area contributed by atoms with Gasteiger partial charge in [-0.3, -0.25) is 0 Å². The molecule has 96 valence electrons. The number of aromatic nitrogens is 2. The molecule has 2 rings (SSSR count). The highest BCUT2D eigenvalue weighted by atomic mass is 32.2. The van der Waals surface area contributed by atoms with E-state index in [-0.39, 0.29) is 17.9 Å². The summed E-state index contributed by atoms with van der Waals surface area (Å²) >= 11 is 1.52. The maximum atomic E-state index is 9.42. The van der Waals surface area contributed by atoms with Gasteiger partial charge in [0.25, 0.3) is 0 Å². The molecule has 0 fully saturated rings. The summed E-state index contributed by atoms with van der Waals surface area (Å²) in [6.45, 7) is 2.07. The molecule has 2 aromatic rings. The molecule has 1 aromatic heterocycles. The number of fused-ring (bicyclic) bond motifs is 1. The van der Waals surface area contributed by atoms with Gasteiger partial charge in [-0.1, -0.05) is 36.9 Å². The molecule has 0 aliphatic rings. The van der Waals surface area contributed by atoms with Crippen LogP contribution in [0.2, 0.25) is 0 Å². The highest BCUT2D eigenvalue weighted by Crippen LogP contribution is 2.29. The second-order valence-corrected chi connectivity index (χ2v) is 5.33. The Kier molecular flexibility index (Phi) is 4.52. The Labute approximate surface area is 111 Å². The molecule has 18 heavy (non-hydrogen) atoms. The molecule has 0 aliphatic carbocycles. The fourth-order valence-corrected chi connectivity index (χ4v) is 2.88. The first kappa shape index (κ1) is 13.3. The quantitative estimate of drug-likeness (QED) is 0.636. The number of benzene rings is 1. The van der Waals surface area contributed by atoms with Crippen molar-refractivity contribution in [1.29, 1.82) is 0 Å². The van der Waals surface area contributed by atoms with Gasteiger partial charge in [-0.2, -0.15) is 0 Å². The van der Waals surface area contributed by atoms with Gasteiger partial charge in [0.2, 0.25) is 0 Å². The Balaban J connectivity index is 2.30. The van der Waals surface area contributed by atoms with Crippen molar-refractivity contribution in [3.8, 4) is 0 Å². The van der Waals surface area contributed by atoms with Crippen LogP contribution in [0.5, 0.6) is 0 Å². The number of aliphatic hydroxyl groups excluding tert-OH is 1. The van der Waals surface area contributed by atoms with Crippen LogP contribution in [-0.4, -0.2) is 33.0 Å². The van der Waals surface area contributed by atoms with E-state index in [4.69, 9.17) is 5.73 Å². The van der Waals surface area contributed by atoms with E-state index >= 15 is 0 Å². The van der Waals surface area contributed by atoms with E-state index in [1.54, 1.807) is 6.33 Å². The minimum Gasteiger partial charge on any atom is -0.395 e. The van der Waals surface area contributed by atoms with Gasteiger partial charge in [-0.05, 0) is 12.5 Å². The Hall–Kier alpha value is -1.17. The molecule has 0 spiro atoms. The summed E-state index contributed by atoms with van der Waals surface area (Å²) in [6, 6.07) is 7.82. The first-order chi connectivity index (χ1) is 8.76. The summed E-state index contributed by atoms with van der Waals surface area (Å²) in [7, 11) is 0. The second-order valence-electron chi connectivity index (χ2n) is 4.11. The van der Waals surface area contributed by atoms with E-state index in [1.807, 2.05) is 31.2 Å². The normalized spacial score (nSPS) is 14.6. The predicted octanol–water partition coefficient (Wildman–Crippen LogP) is 1.82. The summed E-state index contributed by atoms with van der Waals surface area (Å²) < 4.78 is 0. The zero-order valence-electron chi connectivity index (χ0n) is 10.3. The first-order valence-corrected chi connectivity index (χ1v) is 6.87. The van der Waals surface area contributed by atoms with Crippen molar-refractivity contribution in [2.45, 2.75) is 29.7 Å². The van der Waals surface area contributed by atoms with Crippen molar-refractivity contribution in [3.05, 3.63) is 30.6 Å². The van der Waals surface area contributed by atoms with Crippen LogP contribution in [0.4, 0.5) is 0 Å². The Morgan fingerprint density at radius 2 is 2.11 bits per heavy atom. The molecule has 2 unspecified atom stereocenters. The number of thioether (sulfide) groups is 1. The van der Waals surface area contributed by atoms with Crippen LogP contribution in [0.1, 0.15) is 13.3 Å². The maximum absolute atomic E-state index is 9.42. The smallest absolute Gasteiger partial charge is 0.117 e. The molecular formula is C13H17N3OS. The topological polar surface area (TPSA) is 72.0 Å². The lowest BCUT2D eigenvalue weighted by molar-refractivity contribution is 0.281. The van der Waals surface area contributed by atoms with Crippen molar-refractivity contribution in [3.63, 3.8) is 0 Å². The van der Waals surface area contributed by atoms with Gasteiger partial charge < -0.3 is 10.8 Å². The van der Waals surface area contributed by atoms with Gasteiger partial charge in [-0.25, -0.2) is 9.97 Å². The molecule has 1 heterocycles. The molecule has 5 heteroatoms. The first-order valence-electron chi connectivity index (χ1n) is 5.99. The van der Waals surface area contributed by atoms with Crippen molar-refractivity contribution < 1.29 is 5.11 Å². The van der Waals surface area contributed by atoms with Gasteiger partial charge in [0, 0.05) is 16.7 Å². The third-order valence-electron chi connectivity index (χ3n) is 2.90. The maximum Gasteiger partial charge on any atom is 0.117 e. The fraction of sp³-hybridized carbons (Fsp3) is 0.385. The molecule has 0 saturated heterocycles. The lowest BCUT2D eigenvalue weighted by Gasteiger charge is -2.19. The van der Waals surface area contributed by atoms with E-state index in [1.165, 1.54) is 11.8 Å². The summed E-state index contributed by atoms with van der Waals surface area (Å²) in [5.74, 6) is 0. The Morgan fingerprint density at radius 1 is 1.33 bits per heavy atom. The summed E-state index contributed by atoms with van der Waals surface area (Å²) in [4.78, 5) is 8.52. The van der Waals surface area contributed by atoms with Gasteiger partial charge >= 0.3 is 0 Å². The van der Waals surface area contributed by atoms with Crippen LogP contribution in [0.25, 0.3) is 10.9 Å². The third kappa shape index (κ3) is 2.80. The largest absolute Gasteiger partial charge is 0.395 e. The number of rotatable bonds is 5. The van der Waals surface area contributed by atoms with Crippen LogP contribution in [0.3, 0.4) is 0 Å². The SMILES string of the molecule is CCC(N)C(CO)Sc1ncnc2ccccc12. The molecule has 0 saturated carbocycles. The van der Waals surface area contributed by atoms with E-state index in [2.05, 4.69) is 9.97 Å². The molecule has 2 atom stereocenters. The minimum absolute atomic E-state index is 0.0336. The van der Waals surface area contributed by atoms with Gasteiger partial charge in [-0.15, -0.1) is 0 Å². The molecule has 4 nitrogen and oxygen atoms in total. The molecule has 0 aliphatic heterocycles. The Morgan fingerprint density at radius 3 is 2.83 bits per heavy atom. The average Bonchev–Trinajstić information content (AvgIpc) is 2.44. The average molecular weight is 263 g/mol. The number of nitrogens with zero attached hydrogens (tertiary/aromatic N) is 2. The Bertz CT molecular complexity index is 515. The highest BCUT2D eigenvalue weighted by Gasteiger charge is 2.18. The van der Waals surface area contributed by atoms with Crippen molar-refractivity contribution in [1.82, 2.24) is 9.97 Å². The molecule has 0 radical (unpaired) electrons. The van der Waals surface area contributed by atoms with Gasteiger partial charge in [0.1, 0.15) is 11.4 Å². The van der Waals surface area contributed by atoms with Crippen molar-refractivity contribution in [2.24, 2.45) is 5.73 Å². The molecule has 0 amide bonds. The number of aliphatic hydroxyl groups is 1. The molecule has 3 N–H and O–H groups in total. The molecular weight excluding hydrogens is 246 g/mol. The molecule has 1 aromatic carbocycles. The van der Waals surface area contributed by atoms with Gasteiger partial charge in [0.15, 0.2) is 0 Å². The lowest BCUT2D eigenvalue weighted by Crippen LogP contribution is -2.34. The third-order valence-corrected chi connectivity index (χ3v) is 4.25. The minimum atomic E-state index is -0.0340. The van der Waals surface area contributed by atoms with Crippen LogP contribution < -0.4 is 5.73 Å². The van der Waals surface area contributed by atoms with E-state index in [0.29, 0.717) is 0 Å². The van der Waals surface area contributed by atoms with Gasteiger partial charge in [0.05, 0.1) is 12.1 Å². The zero-order valence-corrected chi connectivity index (χ0v) is 11.1. The molecule has 0 bridgehead atoms. The summed E-state index contributed by atoms with van der Waals surface area (Å²) in [5.41, 5.74) is 6.91. The monoisotopic (exact) mass is 263 g/mol. The van der Waals surface area contributed by atoms with Crippen LogP contribution in [-0.2, 0) is 0 Å². The zero-order chi connectivity index (χ0) is 13.0. The predicted molar refractivity (Wildman–Crippen MR) is 74.5 cm³/mol. The van der Waals surface area contributed by atoms with Crippen LogP contribution in [0.15, 0.2) is 35.6 Å². The summed E-state index contributed by atoms with van der Waals surface area (Å²) in [5, 5.41) is 11.3. The number of para-hydroxylation sites is 1. The number of hydrogen-bond acceptors (Lipinski definition) is 5. The fourth-order valence-electron chi connectivity index (χ4n) is 1.74. The second kappa shape index (κ2) is 6.13. The van der Waals surface area contributed by atoms with Crippen molar-refractivity contribution in [2.75, 3.05) is 6.61 Å². The van der Waals surface area contributed by atoms with E-state index in [0.717, 1.165) is 22.3 Å². The number of hydrogen-bond donors (Lipinski definition) is 2. The van der Waals surface area contributed by atoms with E-state index < -0.39 is 0 Å². The highest BCUT2D eigenvalue weighted by molar-refractivity contribution is 8.00. The summed E-state index contributed by atoms with van der Waals surface area (Å²) in [6.07, 6.45) is 2.39. The van der Waals surface area contributed by atoms with Crippen molar-refractivity contribution >= 4 is 22.7 Å². The van der Waals surface area contributed by atoms with Crippen LogP contribution in [0, 0.1) is 0 Å².